The summed E-state index contributed by atoms with van der Waals surface area (Å²) >= 11 is 0. The number of hydrogen-bond acceptors (Lipinski definition) is 1. The van der Waals surface area contributed by atoms with E-state index in [0.717, 1.165) is 12.5 Å². The van der Waals surface area contributed by atoms with E-state index in [-0.39, 0.29) is 0 Å². The Bertz CT molecular complexity index is 364. The molecule has 0 saturated heterocycles. The molecule has 0 saturated carbocycles. The highest BCUT2D eigenvalue weighted by molar-refractivity contribution is 5.99. The maximum absolute atomic E-state index is 4.46. The van der Waals surface area contributed by atoms with Crippen LogP contribution in [0.25, 0.3) is 0 Å². The third-order valence-corrected chi connectivity index (χ3v) is 5.57. The Morgan fingerprint density at radius 1 is 0.760 bits per heavy atom. The summed E-state index contributed by atoms with van der Waals surface area (Å²) in [5.41, 5.74) is 2.80. The molecular formula is C24H45N. The molecule has 25 heavy (non-hydrogen) atoms. The van der Waals surface area contributed by atoms with E-state index in [9.17, 15) is 0 Å². The maximum Gasteiger partial charge on any atom is 0.0433 e. The standard InChI is InChI=1S/C24H45N/c1-22(2)18-16-14-12-10-8-6-4-5-7-9-11-13-15-17-19-24-20-21-25-23(24)3/h19,22H,4-18,20-21H2,1-3H3/b24-19-. The van der Waals surface area contributed by atoms with Gasteiger partial charge in [0.25, 0.3) is 0 Å². The molecule has 0 aliphatic carbocycles. The van der Waals surface area contributed by atoms with Crippen molar-refractivity contribution in [1.29, 1.82) is 0 Å². The lowest BCUT2D eigenvalue weighted by Gasteiger charge is -2.05. The van der Waals surface area contributed by atoms with Crippen LogP contribution in [0.5, 0.6) is 0 Å². The average molecular weight is 348 g/mol. The number of hydrogen-bond donors (Lipinski definition) is 0. The van der Waals surface area contributed by atoms with Crippen LogP contribution in [0, 0.1) is 5.92 Å². The second-order valence-electron chi connectivity index (χ2n) is 8.51. The van der Waals surface area contributed by atoms with Gasteiger partial charge in [-0.1, -0.05) is 103 Å². The van der Waals surface area contributed by atoms with Crippen LogP contribution in [0.1, 0.15) is 124 Å². The van der Waals surface area contributed by atoms with Crippen LogP contribution < -0.4 is 0 Å². The summed E-state index contributed by atoms with van der Waals surface area (Å²) in [6.07, 6.45) is 25.2. The first-order valence-electron chi connectivity index (χ1n) is 11.4. The van der Waals surface area contributed by atoms with E-state index in [4.69, 9.17) is 0 Å². The van der Waals surface area contributed by atoms with E-state index in [1.165, 1.54) is 114 Å². The maximum atomic E-state index is 4.46. The minimum atomic E-state index is 0.892. The summed E-state index contributed by atoms with van der Waals surface area (Å²) in [7, 11) is 0. The van der Waals surface area contributed by atoms with E-state index < -0.39 is 0 Å². The fourth-order valence-corrected chi connectivity index (χ4v) is 3.79. The van der Waals surface area contributed by atoms with E-state index in [1.807, 2.05) is 0 Å². The van der Waals surface area contributed by atoms with Gasteiger partial charge in [0.2, 0.25) is 0 Å². The van der Waals surface area contributed by atoms with Crippen molar-refractivity contribution in [2.24, 2.45) is 10.9 Å². The molecule has 1 rings (SSSR count). The monoisotopic (exact) mass is 347 g/mol. The molecule has 0 unspecified atom stereocenters. The van der Waals surface area contributed by atoms with Gasteiger partial charge in [0.15, 0.2) is 0 Å². The molecule has 0 spiro atoms. The minimum absolute atomic E-state index is 0.892. The second-order valence-corrected chi connectivity index (χ2v) is 8.51. The van der Waals surface area contributed by atoms with E-state index >= 15 is 0 Å². The molecule has 1 heteroatoms. The molecule has 146 valence electrons. The second kappa shape index (κ2) is 15.6. The van der Waals surface area contributed by atoms with Crippen molar-refractivity contribution in [3.63, 3.8) is 0 Å². The normalized spacial score (nSPS) is 16.2. The molecule has 0 aromatic heterocycles. The summed E-state index contributed by atoms with van der Waals surface area (Å²) in [6.45, 7) is 7.86. The summed E-state index contributed by atoms with van der Waals surface area (Å²) < 4.78 is 0. The Labute approximate surface area is 158 Å². The molecule has 1 aliphatic heterocycles. The quantitative estimate of drug-likeness (QED) is 0.249. The molecule has 0 radical (unpaired) electrons. The molecule has 0 aromatic carbocycles. The molecule has 0 N–H and O–H groups in total. The van der Waals surface area contributed by atoms with Crippen molar-refractivity contribution in [1.82, 2.24) is 0 Å². The lowest BCUT2D eigenvalue weighted by molar-refractivity contribution is 0.503. The zero-order chi connectivity index (χ0) is 18.2. The Balaban J connectivity index is 1.73. The Kier molecular flexibility index (Phi) is 14.1. The topological polar surface area (TPSA) is 12.4 Å². The smallest absolute Gasteiger partial charge is 0.0433 e. The van der Waals surface area contributed by atoms with Gasteiger partial charge in [-0.3, -0.25) is 4.99 Å². The zero-order valence-electron chi connectivity index (χ0n) is 17.6. The SMILES string of the molecule is CC1=NCC/C1=C/CCCCCCCCCCCCCCCC(C)C. The first-order valence-corrected chi connectivity index (χ1v) is 11.4. The molecule has 0 atom stereocenters. The van der Waals surface area contributed by atoms with Crippen LogP contribution in [-0.2, 0) is 0 Å². The Hall–Kier alpha value is -0.590. The van der Waals surface area contributed by atoms with Crippen molar-refractivity contribution in [3.05, 3.63) is 11.6 Å². The van der Waals surface area contributed by atoms with Crippen molar-refractivity contribution < 1.29 is 0 Å². The van der Waals surface area contributed by atoms with Gasteiger partial charge in [-0.25, -0.2) is 0 Å². The average Bonchev–Trinajstić information content (AvgIpc) is 2.99. The minimum Gasteiger partial charge on any atom is -0.289 e. The molecule has 0 amide bonds. The largest absolute Gasteiger partial charge is 0.289 e. The third kappa shape index (κ3) is 13.3. The van der Waals surface area contributed by atoms with Gasteiger partial charge in [-0.2, -0.15) is 0 Å². The van der Waals surface area contributed by atoms with E-state index in [2.05, 4.69) is 31.8 Å². The van der Waals surface area contributed by atoms with Crippen LogP contribution in [0.4, 0.5) is 0 Å². The van der Waals surface area contributed by atoms with Gasteiger partial charge in [0, 0.05) is 12.3 Å². The highest BCUT2D eigenvalue weighted by Crippen LogP contribution is 2.16. The summed E-state index contributed by atoms with van der Waals surface area (Å²) in [4.78, 5) is 4.46. The van der Waals surface area contributed by atoms with Gasteiger partial charge in [-0.05, 0) is 37.7 Å². The van der Waals surface area contributed by atoms with Crippen molar-refractivity contribution in [2.45, 2.75) is 124 Å². The van der Waals surface area contributed by atoms with Gasteiger partial charge < -0.3 is 0 Å². The fourth-order valence-electron chi connectivity index (χ4n) is 3.79. The predicted molar refractivity (Wildman–Crippen MR) is 115 cm³/mol. The fraction of sp³-hybridized carbons (Fsp3) is 0.875. The number of nitrogens with zero attached hydrogens (tertiary/aromatic N) is 1. The number of unbranched alkanes of at least 4 members (excludes halogenated alkanes) is 13. The van der Waals surface area contributed by atoms with Crippen LogP contribution in [0.15, 0.2) is 16.6 Å². The molecule has 0 bridgehead atoms. The third-order valence-electron chi connectivity index (χ3n) is 5.57. The van der Waals surface area contributed by atoms with Crippen LogP contribution >= 0.6 is 0 Å². The predicted octanol–water partition coefficient (Wildman–Crippen LogP) is 8.28. The molecule has 1 aliphatic rings. The molecule has 1 heterocycles. The van der Waals surface area contributed by atoms with Gasteiger partial charge in [0.05, 0.1) is 0 Å². The van der Waals surface area contributed by atoms with Crippen molar-refractivity contribution in [2.75, 3.05) is 6.54 Å². The van der Waals surface area contributed by atoms with E-state index in [1.54, 1.807) is 0 Å². The number of aliphatic imine (C=N–C) groups is 1. The highest BCUT2D eigenvalue weighted by atomic mass is 14.8. The first kappa shape index (κ1) is 22.5. The van der Waals surface area contributed by atoms with Crippen LogP contribution in [0.3, 0.4) is 0 Å². The summed E-state index contributed by atoms with van der Waals surface area (Å²) in [6, 6.07) is 0. The Morgan fingerprint density at radius 2 is 1.24 bits per heavy atom. The number of allylic oxidation sites excluding steroid dienone is 1. The molecule has 0 fully saturated rings. The molecule has 0 aromatic rings. The number of rotatable bonds is 16. The van der Waals surface area contributed by atoms with Gasteiger partial charge in [0.1, 0.15) is 0 Å². The van der Waals surface area contributed by atoms with Gasteiger partial charge >= 0.3 is 0 Å². The lowest BCUT2D eigenvalue weighted by atomic mass is 10.0. The van der Waals surface area contributed by atoms with Crippen LogP contribution in [0.2, 0.25) is 0 Å². The first-order chi connectivity index (χ1) is 12.2. The van der Waals surface area contributed by atoms with Crippen molar-refractivity contribution in [3.8, 4) is 0 Å². The zero-order valence-corrected chi connectivity index (χ0v) is 17.6. The Morgan fingerprint density at radius 3 is 1.68 bits per heavy atom. The van der Waals surface area contributed by atoms with Gasteiger partial charge in [-0.15, -0.1) is 0 Å². The molecule has 1 nitrogen and oxygen atoms in total. The lowest BCUT2D eigenvalue weighted by Crippen LogP contribution is -1.89. The van der Waals surface area contributed by atoms with Crippen molar-refractivity contribution >= 4 is 5.71 Å². The highest BCUT2D eigenvalue weighted by Gasteiger charge is 2.06. The summed E-state index contributed by atoms with van der Waals surface area (Å²) in [5.74, 6) is 0.892. The molecular weight excluding hydrogens is 302 g/mol. The summed E-state index contributed by atoms with van der Waals surface area (Å²) in [5, 5.41) is 0. The van der Waals surface area contributed by atoms with E-state index in [0.29, 0.717) is 0 Å². The van der Waals surface area contributed by atoms with Crippen LogP contribution in [-0.4, -0.2) is 12.3 Å².